The van der Waals surface area contributed by atoms with Gasteiger partial charge in [-0.3, -0.25) is 10.1 Å². The Bertz CT molecular complexity index is 1130. The van der Waals surface area contributed by atoms with Gasteiger partial charge in [-0.05, 0) is 38.1 Å². The van der Waals surface area contributed by atoms with Crippen LogP contribution in [-0.4, -0.2) is 53.0 Å². The lowest BCUT2D eigenvalue weighted by Gasteiger charge is -2.33. The Balaban J connectivity index is 1.32. The van der Waals surface area contributed by atoms with Gasteiger partial charge in [0.25, 0.3) is 0 Å². The average Bonchev–Trinajstić information content (AvgIpc) is 3.36. The van der Waals surface area contributed by atoms with Gasteiger partial charge in [0.1, 0.15) is 5.82 Å². The molecule has 1 saturated carbocycles. The van der Waals surface area contributed by atoms with Crippen molar-refractivity contribution in [1.29, 1.82) is 0 Å². The lowest BCUT2D eigenvalue weighted by Crippen LogP contribution is -2.44. The van der Waals surface area contributed by atoms with Crippen molar-refractivity contribution in [1.82, 2.24) is 14.9 Å². The number of hydrogen-bond donors (Lipinski definition) is 1. The summed E-state index contributed by atoms with van der Waals surface area (Å²) in [4.78, 5) is 25.2. The maximum atomic E-state index is 11.6. The van der Waals surface area contributed by atoms with Crippen molar-refractivity contribution >= 4 is 34.3 Å². The van der Waals surface area contributed by atoms with Gasteiger partial charge in [0.2, 0.25) is 5.82 Å². The summed E-state index contributed by atoms with van der Waals surface area (Å²) < 4.78 is 0. The van der Waals surface area contributed by atoms with Gasteiger partial charge in [0, 0.05) is 54.8 Å². The number of aromatic nitrogens is 2. The fraction of sp³-hybridized carbons (Fsp3) is 0.440. The Morgan fingerprint density at radius 1 is 1.00 bits per heavy atom. The number of hydrogen-bond acceptors (Lipinski definition) is 8. The van der Waals surface area contributed by atoms with Crippen LogP contribution in [0, 0.1) is 10.1 Å². The molecule has 0 unspecified atom stereocenters. The van der Waals surface area contributed by atoms with Gasteiger partial charge < -0.3 is 15.1 Å². The highest BCUT2D eigenvalue weighted by molar-refractivity contribution is 7.10. The van der Waals surface area contributed by atoms with Gasteiger partial charge in [0.15, 0.2) is 0 Å². The van der Waals surface area contributed by atoms with Crippen LogP contribution in [0.4, 0.5) is 23.0 Å². The van der Waals surface area contributed by atoms with Crippen LogP contribution in [0.1, 0.15) is 43.0 Å². The number of nitrogens with one attached hydrogen (secondary N) is 1. The Morgan fingerprint density at radius 3 is 2.44 bits per heavy atom. The van der Waals surface area contributed by atoms with Gasteiger partial charge >= 0.3 is 5.69 Å². The van der Waals surface area contributed by atoms with E-state index in [4.69, 9.17) is 4.98 Å². The zero-order valence-corrected chi connectivity index (χ0v) is 20.3. The molecule has 1 aliphatic carbocycles. The minimum absolute atomic E-state index is 0.0291. The quantitative estimate of drug-likeness (QED) is 0.361. The van der Waals surface area contributed by atoms with Crippen molar-refractivity contribution in [2.45, 2.75) is 38.0 Å². The van der Waals surface area contributed by atoms with E-state index in [9.17, 15) is 10.1 Å². The summed E-state index contributed by atoms with van der Waals surface area (Å²) in [5, 5.41) is 18.2. The summed E-state index contributed by atoms with van der Waals surface area (Å²) in [6.07, 6.45) is 6.43. The SMILES string of the molecule is CN1CCN(c2ccc([N+](=O)[O-])c(Nc3ccc(-c4csc(C5CCCCC5)n4)cc3)n2)CC1. The van der Waals surface area contributed by atoms with Gasteiger partial charge in [-0.25, -0.2) is 9.97 Å². The summed E-state index contributed by atoms with van der Waals surface area (Å²) in [6, 6.07) is 11.2. The van der Waals surface area contributed by atoms with E-state index in [2.05, 4.69) is 32.5 Å². The molecule has 0 atom stereocenters. The van der Waals surface area contributed by atoms with E-state index in [0.717, 1.165) is 48.9 Å². The van der Waals surface area contributed by atoms with Crippen molar-refractivity contribution in [3.63, 3.8) is 0 Å². The lowest BCUT2D eigenvalue weighted by molar-refractivity contribution is -0.384. The second kappa shape index (κ2) is 10.1. The predicted molar refractivity (Wildman–Crippen MR) is 137 cm³/mol. The number of anilines is 3. The fourth-order valence-electron chi connectivity index (χ4n) is 4.71. The third-order valence-electron chi connectivity index (χ3n) is 6.80. The highest BCUT2D eigenvalue weighted by Gasteiger charge is 2.22. The molecule has 2 fully saturated rings. The van der Waals surface area contributed by atoms with Crippen LogP contribution >= 0.6 is 11.3 Å². The largest absolute Gasteiger partial charge is 0.354 e. The summed E-state index contributed by atoms with van der Waals surface area (Å²) in [6.45, 7) is 3.60. The van der Waals surface area contributed by atoms with Gasteiger partial charge in [-0.1, -0.05) is 31.4 Å². The van der Waals surface area contributed by atoms with Gasteiger partial charge in [-0.15, -0.1) is 11.3 Å². The minimum Gasteiger partial charge on any atom is -0.354 e. The number of nitro groups is 1. The van der Waals surface area contributed by atoms with Crippen LogP contribution in [0.15, 0.2) is 41.8 Å². The Labute approximate surface area is 203 Å². The minimum atomic E-state index is -0.389. The molecular formula is C25H30N6O2S. The van der Waals surface area contributed by atoms with Crippen LogP contribution < -0.4 is 10.2 Å². The molecule has 0 spiro atoms. The molecule has 8 nitrogen and oxygen atoms in total. The van der Waals surface area contributed by atoms with Crippen molar-refractivity contribution in [3.8, 4) is 11.3 Å². The molecule has 3 aromatic rings. The highest BCUT2D eigenvalue weighted by Crippen LogP contribution is 2.36. The van der Waals surface area contributed by atoms with Crippen LogP contribution in [0.25, 0.3) is 11.3 Å². The molecule has 9 heteroatoms. The molecule has 0 bridgehead atoms. The van der Waals surface area contributed by atoms with Crippen LogP contribution in [0.5, 0.6) is 0 Å². The molecule has 0 radical (unpaired) electrons. The summed E-state index contributed by atoms with van der Waals surface area (Å²) in [5.41, 5.74) is 2.78. The van der Waals surface area contributed by atoms with Crippen LogP contribution in [0.3, 0.4) is 0 Å². The number of thiazole rings is 1. The van der Waals surface area contributed by atoms with Crippen molar-refractivity contribution in [2.24, 2.45) is 0 Å². The molecule has 1 saturated heterocycles. The molecule has 3 heterocycles. The molecule has 34 heavy (non-hydrogen) atoms. The molecule has 2 aliphatic rings. The van der Waals surface area contributed by atoms with Crippen LogP contribution in [-0.2, 0) is 0 Å². The Kier molecular flexibility index (Phi) is 6.73. The second-order valence-electron chi connectivity index (χ2n) is 9.19. The van der Waals surface area contributed by atoms with E-state index >= 15 is 0 Å². The van der Waals surface area contributed by atoms with E-state index in [1.54, 1.807) is 23.5 Å². The first-order chi connectivity index (χ1) is 16.6. The molecule has 2 aromatic heterocycles. The first kappa shape index (κ1) is 22.7. The lowest BCUT2D eigenvalue weighted by atomic mass is 9.90. The molecule has 5 rings (SSSR count). The first-order valence-corrected chi connectivity index (χ1v) is 12.9. The smallest absolute Gasteiger partial charge is 0.311 e. The second-order valence-corrected chi connectivity index (χ2v) is 10.1. The van der Waals surface area contributed by atoms with E-state index in [0.29, 0.717) is 5.92 Å². The van der Waals surface area contributed by atoms with Crippen molar-refractivity contribution in [2.75, 3.05) is 43.4 Å². The molecule has 1 aromatic carbocycles. The van der Waals surface area contributed by atoms with E-state index in [-0.39, 0.29) is 16.4 Å². The highest BCUT2D eigenvalue weighted by atomic mass is 32.1. The fourth-order valence-corrected chi connectivity index (χ4v) is 5.71. The Hall–Kier alpha value is -3.04. The van der Waals surface area contributed by atoms with Crippen LogP contribution in [0.2, 0.25) is 0 Å². The third-order valence-corrected chi connectivity index (χ3v) is 7.81. The normalized spacial score (nSPS) is 17.6. The maximum absolute atomic E-state index is 11.6. The number of likely N-dealkylation sites (N-methyl/N-ethyl adjacent to an activating group) is 1. The molecule has 1 aliphatic heterocycles. The number of piperazine rings is 1. The predicted octanol–water partition coefficient (Wildman–Crippen LogP) is 5.66. The maximum Gasteiger partial charge on any atom is 0.311 e. The van der Waals surface area contributed by atoms with Crippen molar-refractivity contribution < 1.29 is 4.92 Å². The zero-order chi connectivity index (χ0) is 23.5. The van der Waals surface area contributed by atoms with Crippen molar-refractivity contribution in [3.05, 3.63) is 56.9 Å². The van der Waals surface area contributed by atoms with E-state index < -0.39 is 0 Å². The summed E-state index contributed by atoms with van der Waals surface area (Å²) in [5.74, 6) is 1.63. The number of pyridine rings is 1. The number of nitrogens with zero attached hydrogens (tertiary/aromatic N) is 5. The van der Waals surface area contributed by atoms with Gasteiger partial charge in [0.05, 0.1) is 15.6 Å². The number of benzene rings is 1. The summed E-state index contributed by atoms with van der Waals surface area (Å²) >= 11 is 1.76. The molecule has 1 N–H and O–H groups in total. The van der Waals surface area contributed by atoms with E-state index in [1.807, 2.05) is 24.3 Å². The molecule has 178 valence electrons. The average molecular weight is 479 g/mol. The summed E-state index contributed by atoms with van der Waals surface area (Å²) in [7, 11) is 2.10. The first-order valence-electron chi connectivity index (χ1n) is 12.0. The number of rotatable bonds is 6. The monoisotopic (exact) mass is 478 g/mol. The Morgan fingerprint density at radius 2 is 1.74 bits per heavy atom. The van der Waals surface area contributed by atoms with E-state index in [1.165, 1.54) is 37.1 Å². The van der Waals surface area contributed by atoms with Gasteiger partial charge in [-0.2, -0.15) is 0 Å². The topological polar surface area (TPSA) is 87.4 Å². The molecular weight excluding hydrogens is 448 g/mol. The zero-order valence-electron chi connectivity index (χ0n) is 19.4. The molecule has 0 amide bonds. The standard InChI is InChI=1S/C25H30N6O2S/c1-29-13-15-30(16-14-29)23-12-11-22(31(32)33)24(28-23)26-20-9-7-18(8-10-20)21-17-34-25(27-21)19-5-3-2-4-6-19/h7-12,17,19H,2-6,13-16H2,1H3,(H,26,28). The third kappa shape index (κ3) is 5.05.